The van der Waals surface area contributed by atoms with Crippen molar-refractivity contribution >= 4 is 21.5 Å². The van der Waals surface area contributed by atoms with Gasteiger partial charge in [0.1, 0.15) is 5.75 Å². The van der Waals surface area contributed by atoms with Crippen molar-refractivity contribution in [3.05, 3.63) is 54.6 Å². The zero-order chi connectivity index (χ0) is 20.6. The quantitative estimate of drug-likeness (QED) is 0.396. The van der Waals surface area contributed by atoms with Crippen LogP contribution in [0.2, 0.25) is 0 Å². The number of unbranched alkanes of at least 4 members (excludes halogenated alkanes) is 3. The van der Waals surface area contributed by atoms with Gasteiger partial charge in [0.15, 0.2) is 0 Å². The molecule has 0 saturated carbocycles. The maximum atomic E-state index is 9.04. The fraction of sp³-hybridized carbons (Fsp3) is 0.462. The van der Waals surface area contributed by atoms with Crippen LogP contribution in [0, 0.1) is 0 Å². The smallest absolute Gasteiger partial charge is 0.134 e. The molecule has 4 nitrogen and oxygen atoms in total. The Balaban J connectivity index is 1.21. The molecule has 4 heteroatoms. The van der Waals surface area contributed by atoms with Gasteiger partial charge in [0.25, 0.3) is 0 Å². The molecule has 1 aliphatic heterocycles. The van der Waals surface area contributed by atoms with E-state index >= 15 is 0 Å². The molecule has 1 N–H and O–H groups in total. The molecule has 1 fully saturated rings. The summed E-state index contributed by atoms with van der Waals surface area (Å²) in [7, 11) is 0. The van der Waals surface area contributed by atoms with Gasteiger partial charge in [0.2, 0.25) is 0 Å². The average Bonchev–Trinajstić information content (AvgIpc) is 2.79. The van der Waals surface area contributed by atoms with E-state index in [0.717, 1.165) is 51.5 Å². The standard InChI is InChI=1S/C26H34N2O2/c29-19-18-28-16-14-27(15-17-28)13-7-1-2-8-20-30-26-24-11-5-3-9-22(24)21-23-10-4-6-12-25(23)26/h3-6,9-12,21,29H,1-2,7-8,13-20H2. The number of ether oxygens (including phenoxy) is 1. The van der Waals surface area contributed by atoms with Crippen molar-refractivity contribution in [1.82, 2.24) is 9.80 Å². The fourth-order valence-electron chi connectivity index (χ4n) is 4.47. The molecular weight excluding hydrogens is 372 g/mol. The van der Waals surface area contributed by atoms with Crippen molar-refractivity contribution in [1.29, 1.82) is 0 Å². The lowest BCUT2D eigenvalue weighted by molar-refractivity contribution is 0.111. The van der Waals surface area contributed by atoms with E-state index in [9.17, 15) is 0 Å². The summed E-state index contributed by atoms with van der Waals surface area (Å²) >= 11 is 0. The van der Waals surface area contributed by atoms with Crippen molar-refractivity contribution in [3.63, 3.8) is 0 Å². The molecule has 0 unspecified atom stereocenters. The number of benzene rings is 3. The summed E-state index contributed by atoms with van der Waals surface area (Å²) in [5.74, 6) is 1.03. The number of aliphatic hydroxyl groups is 1. The third-order valence-electron chi connectivity index (χ3n) is 6.22. The maximum absolute atomic E-state index is 9.04. The van der Waals surface area contributed by atoms with Crippen LogP contribution in [-0.2, 0) is 0 Å². The highest BCUT2D eigenvalue weighted by Gasteiger charge is 2.15. The first kappa shape index (κ1) is 21.1. The largest absolute Gasteiger partial charge is 0.492 e. The van der Waals surface area contributed by atoms with E-state index in [2.05, 4.69) is 64.4 Å². The lowest BCUT2D eigenvalue weighted by atomic mass is 10.0. The lowest BCUT2D eigenvalue weighted by Crippen LogP contribution is -2.47. The topological polar surface area (TPSA) is 35.9 Å². The summed E-state index contributed by atoms with van der Waals surface area (Å²) < 4.78 is 6.33. The van der Waals surface area contributed by atoms with Crippen molar-refractivity contribution in [2.24, 2.45) is 0 Å². The molecule has 0 bridgehead atoms. The Hall–Kier alpha value is -2.14. The van der Waals surface area contributed by atoms with Crippen LogP contribution in [0.15, 0.2) is 54.6 Å². The number of hydrogen-bond donors (Lipinski definition) is 1. The molecule has 0 radical (unpaired) electrons. The minimum atomic E-state index is 0.274. The van der Waals surface area contributed by atoms with Gasteiger partial charge in [0.05, 0.1) is 13.2 Å². The molecule has 1 heterocycles. The summed E-state index contributed by atoms with van der Waals surface area (Å²) in [4.78, 5) is 4.91. The first-order valence-corrected chi connectivity index (χ1v) is 11.4. The van der Waals surface area contributed by atoms with Gasteiger partial charge in [-0.25, -0.2) is 0 Å². The van der Waals surface area contributed by atoms with E-state index in [-0.39, 0.29) is 6.61 Å². The molecule has 0 atom stereocenters. The predicted octanol–water partition coefficient (Wildman–Crippen LogP) is 4.54. The Kier molecular flexibility index (Phi) is 7.57. The van der Waals surface area contributed by atoms with Crippen molar-refractivity contribution in [2.75, 3.05) is 52.5 Å². The van der Waals surface area contributed by atoms with Gasteiger partial charge < -0.3 is 14.7 Å². The molecule has 3 aromatic rings. The molecule has 1 aliphatic rings. The molecule has 3 aromatic carbocycles. The van der Waals surface area contributed by atoms with Crippen LogP contribution in [0.1, 0.15) is 25.7 Å². The van der Waals surface area contributed by atoms with Crippen LogP contribution in [0.3, 0.4) is 0 Å². The lowest BCUT2D eigenvalue weighted by Gasteiger charge is -2.34. The second-order valence-corrected chi connectivity index (χ2v) is 8.32. The van der Waals surface area contributed by atoms with Gasteiger partial charge in [0, 0.05) is 43.5 Å². The minimum absolute atomic E-state index is 0.274. The normalized spacial score (nSPS) is 15.8. The molecule has 0 amide bonds. The molecule has 30 heavy (non-hydrogen) atoms. The molecule has 0 spiro atoms. The number of rotatable bonds is 10. The SMILES string of the molecule is OCCN1CCN(CCCCCCOc2c3ccccc3cc3ccccc23)CC1. The average molecular weight is 407 g/mol. The molecule has 0 aliphatic carbocycles. The van der Waals surface area contributed by atoms with Gasteiger partial charge in [-0.1, -0.05) is 61.4 Å². The highest BCUT2D eigenvalue weighted by Crippen LogP contribution is 2.34. The Bertz CT molecular complexity index is 881. The highest BCUT2D eigenvalue weighted by molar-refractivity contribution is 6.05. The number of aliphatic hydroxyl groups excluding tert-OH is 1. The van der Waals surface area contributed by atoms with Gasteiger partial charge in [-0.2, -0.15) is 0 Å². The zero-order valence-electron chi connectivity index (χ0n) is 17.9. The minimum Gasteiger partial charge on any atom is -0.492 e. The van der Waals surface area contributed by atoms with E-state index in [0.29, 0.717) is 0 Å². The zero-order valence-corrected chi connectivity index (χ0v) is 17.9. The van der Waals surface area contributed by atoms with Gasteiger partial charge >= 0.3 is 0 Å². The molecular formula is C26H34N2O2. The monoisotopic (exact) mass is 406 g/mol. The van der Waals surface area contributed by atoms with Crippen molar-refractivity contribution in [2.45, 2.75) is 25.7 Å². The Labute approximate surface area is 180 Å². The summed E-state index contributed by atoms with van der Waals surface area (Å²) in [5, 5.41) is 13.9. The molecule has 160 valence electrons. The highest BCUT2D eigenvalue weighted by atomic mass is 16.5. The van der Waals surface area contributed by atoms with Crippen molar-refractivity contribution < 1.29 is 9.84 Å². The van der Waals surface area contributed by atoms with Crippen LogP contribution < -0.4 is 4.74 Å². The Morgan fingerprint density at radius 2 is 1.27 bits per heavy atom. The first-order chi connectivity index (χ1) is 14.8. The van der Waals surface area contributed by atoms with Gasteiger partial charge in [-0.3, -0.25) is 4.90 Å². The molecule has 1 saturated heterocycles. The Morgan fingerprint density at radius 1 is 0.700 bits per heavy atom. The van der Waals surface area contributed by atoms with E-state index in [1.54, 1.807) is 0 Å². The second kappa shape index (κ2) is 10.8. The van der Waals surface area contributed by atoms with E-state index in [4.69, 9.17) is 9.84 Å². The van der Waals surface area contributed by atoms with E-state index in [1.807, 2.05) is 0 Å². The van der Waals surface area contributed by atoms with Crippen molar-refractivity contribution in [3.8, 4) is 5.75 Å². The third kappa shape index (κ3) is 5.31. The van der Waals surface area contributed by atoms with E-state index in [1.165, 1.54) is 47.4 Å². The Morgan fingerprint density at radius 3 is 1.90 bits per heavy atom. The van der Waals surface area contributed by atoms with E-state index < -0.39 is 0 Å². The van der Waals surface area contributed by atoms with Crippen LogP contribution >= 0.6 is 0 Å². The van der Waals surface area contributed by atoms with Gasteiger partial charge in [-0.05, 0) is 36.2 Å². The van der Waals surface area contributed by atoms with Crippen LogP contribution in [0.5, 0.6) is 5.75 Å². The number of fused-ring (bicyclic) bond motifs is 2. The predicted molar refractivity (Wildman–Crippen MR) is 125 cm³/mol. The number of piperazine rings is 1. The first-order valence-electron chi connectivity index (χ1n) is 11.4. The third-order valence-corrected chi connectivity index (χ3v) is 6.22. The summed E-state index contributed by atoms with van der Waals surface area (Å²) in [6.45, 7) is 7.52. The summed E-state index contributed by atoms with van der Waals surface area (Å²) in [6.07, 6.45) is 4.84. The fourth-order valence-corrected chi connectivity index (χ4v) is 4.47. The summed E-state index contributed by atoms with van der Waals surface area (Å²) in [6, 6.07) is 19.3. The summed E-state index contributed by atoms with van der Waals surface area (Å²) in [5.41, 5.74) is 0. The number of nitrogens with zero attached hydrogens (tertiary/aromatic N) is 2. The maximum Gasteiger partial charge on any atom is 0.134 e. The second-order valence-electron chi connectivity index (χ2n) is 8.32. The van der Waals surface area contributed by atoms with Crippen LogP contribution in [-0.4, -0.2) is 67.4 Å². The number of hydrogen-bond acceptors (Lipinski definition) is 4. The molecule has 4 rings (SSSR count). The number of β-amino-alcohol motifs (C(OH)–C–C–N with tert-alkyl or cyclic N) is 1. The molecule has 0 aromatic heterocycles. The van der Waals surface area contributed by atoms with Crippen LogP contribution in [0.4, 0.5) is 0 Å². The van der Waals surface area contributed by atoms with Crippen LogP contribution in [0.25, 0.3) is 21.5 Å². The van der Waals surface area contributed by atoms with Gasteiger partial charge in [-0.15, -0.1) is 0 Å².